The fraction of sp³-hybridized carbons (Fsp3) is 0.933. The van der Waals surface area contributed by atoms with E-state index in [1.807, 2.05) is 20.8 Å². The van der Waals surface area contributed by atoms with E-state index < -0.39 is 6.04 Å². The van der Waals surface area contributed by atoms with E-state index in [9.17, 15) is 4.79 Å². The highest BCUT2D eigenvalue weighted by Crippen LogP contribution is 2.17. The summed E-state index contributed by atoms with van der Waals surface area (Å²) in [5.74, 6) is -0.0410. The summed E-state index contributed by atoms with van der Waals surface area (Å²) in [6, 6.07) is 0.261. The highest BCUT2D eigenvalue weighted by Gasteiger charge is 2.27. The van der Waals surface area contributed by atoms with Crippen molar-refractivity contribution in [3.63, 3.8) is 0 Å². The summed E-state index contributed by atoms with van der Waals surface area (Å²) in [6.07, 6.45) is 2.42. The Labute approximate surface area is 148 Å². The second-order valence-corrected chi connectivity index (χ2v) is 7.17. The second kappa shape index (κ2) is 10.7. The fourth-order valence-electron chi connectivity index (χ4n) is 2.50. The standard InChI is InChI=1S/C15H32N4O.2ClH/c1-15(2,3)13(16)14(20)17-8-11-19-9-6-12(7-10-19)18(4)5;;/h12-13H,6-11,16H2,1-5H3,(H,17,20);2*1H/t13-;;/m1../s1. The number of carbonyl (C=O) groups is 1. The lowest BCUT2D eigenvalue weighted by atomic mass is 9.87. The largest absolute Gasteiger partial charge is 0.353 e. The van der Waals surface area contributed by atoms with Gasteiger partial charge in [0.2, 0.25) is 5.91 Å². The topological polar surface area (TPSA) is 61.6 Å². The SMILES string of the molecule is CN(C)C1CCN(CCNC(=O)[C@@H](N)C(C)(C)C)CC1.Cl.Cl. The van der Waals surface area contributed by atoms with Gasteiger partial charge < -0.3 is 20.9 Å². The van der Waals surface area contributed by atoms with Gasteiger partial charge >= 0.3 is 0 Å². The Morgan fingerprint density at radius 2 is 1.77 bits per heavy atom. The van der Waals surface area contributed by atoms with Crippen molar-refractivity contribution in [3.05, 3.63) is 0 Å². The summed E-state index contributed by atoms with van der Waals surface area (Å²) in [7, 11) is 4.29. The van der Waals surface area contributed by atoms with E-state index in [0.717, 1.165) is 19.6 Å². The molecular formula is C15H34Cl2N4O. The lowest BCUT2D eigenvalue weighted by Crippen LogP contribution is -2.50. The van der Waals surface area contributed by atoms with Crippen molar-refractivity contribution in [2.45, 2.75) is 45.7 Å². The molecule has 3 N–H and O–H groups in total. The molecular weight excluding hydrogens is 323 g/mol. The maximum absolute atomic E-state index is 11.9. The molecule has 0 aromatic heterocycles. The number of likely N-dealkylation sites (tertiary alicyclic amines) is 1. The van der Waals surface area contributed by atoms with Gasteiger partial charge in [0.1, 0.15) is 0 Å². The monoisotopic (exact) mass is 356 g/mol. The molecule has 1 heterocycles. The zero-order valence-corrected chi connectivity index (χ0v) is 16.2. The first kappa shape index (κ1) is 24.2. The van der Waals surface area contributed by atoms with Crippen LogP contribution < -0.4 is 11.1 Å². The van der Waals surface area contributed by atoms with E-state index >= 15 is 0 Å². The summed E-state index contributed by atoms with van der Waals surface area (Å²) in [5.41, 5.74) is 5.75. The van der Waals surface area contributed by atoms with Gasteiger partial charge in [-0.05, 0) is 45.4 Å². The molecule has 1 saturated heterocycles. The van der Waals surface area contributed by atoms with Crippen LogP contribution in [0.5, 0.6) is 0 Å². The quantitative estimate of drug-likeness (QED) is 0.780. The minimum atomic E-state index is -0.443. The fourth-order valence-corrected chi connectivity index (χ4v) is 2.50. The number of nitrogens with zero attached hydrogens (tertiary/aromatic N) is 2. The van der Waals surface area contributed by atoms with Gasteiger partial charge in [-0.2, -0.15) is 0 Å². The molecule has 1 atom stereocenters. The zero-order valence-electron chi connectivity index (χ0n) is 14.6. The normalized spacial score (nSPS) is 18.3. The number of hydrogen-bond acceptors (Lipinski definition) is 4. The van der Waals surface area contributed by atoms with Gasteiger partial charge in [-0.15, -0.1) is 24.8 Å². The minimum Gasteiger partial charge on any atom is -0.353 e. The van der Waals surface area contributed by atoms with Gasteiger partial charge in [0.15, 0.2) is 0 Å². The molecule has 134 valence electrons. The zero-order chi connectivity index (χ0) is 15.3. The highest BCUT2D eigenvalue weighted by molar-refractivity contribution is 5.85. The number of amides is 1. The predicted molar refractivity (Wildman–Crippen MR) is 98.1 cm³/mol. The molecule has 1 rings (SSSR count). The first-order chi connectivity index (χ1) is 9.21. The van der Waals surface area contributed by atoms with Crippen molar-refractivity contribution < 1.29 is 4.79 Å². The molecule has 0 aromatic rings. The highest BCUT2D eigenvalue weighted by atomic mass is 35.5. The molecule has 0 unspecified atom stereocenters. The van der Waals surface area contributed by atoms with E-state index in [4.69, 9.17) is 5.73 Å². The molecule has 5 nitrogen and oxygen atoms in total. The number of piperidine rings is 1. The van der Waals surface area contributed by atoms with Gasteiger partial charge in [-0.3, -0.25) is 4.79 Å². The van der Waals surface area contributed by atoms with Crippen LogP contribution in [0.25, 0.3) is 0 Å². The molecule has 0 aromatic carbocycles. The van der Waals surface area contributed by atoms with Gasteiger partial charge in [-0.25, -0.2) is 0 Å². The molecule has 1 aliphatic heterocycles. The smallest absolute Gasteiger partial charge is 0.237 e. The van der Waals surface area contributed by atoms with Crippen LogP contribution in [0.3, 0.4) is 0 Å². The van der Waals surface area contributed by atoms with Crippen LogP contribution in [0.15, 0.2) is 0 Å². The summed E-state index contributed by atoms with van der Waals surface area (Å²) < 4.78 is 0. The summed E-state index contributed by atoms with van der Waals surface area (Å²) in [5, 5.41) is 2.95. The molecule has 0 saturated carbocycles. The summed E-state index contributed by atoms with van der Waals surface area (Å²) in [6.45, 7) is 9.81. The van der Waals surface area contributed by atoms with E-state index in [2.05, 4.69) is 29.2 Å². The molecule has 0 radical (unpaired) electrons. The van der Waals surface area contributed by atoms with Crippen molar-refractivity contribution in [1.29, 1.82) is 0 Å². The predicted octanol–water partition coefficient (Wildman–Crippen LogP) is 1.35. The molecule has 1 fully saturated rings. The molecule has 1 amide bonds. The molecule has 22 heavy (non-hydrogen) atoms. The van der Waals surface area contributed by atoms with Crippen molar-refractivity contribution in [1.82, 2.24) is 15.1 Å². The Hall–Kier alpha value is -0.0700. The molecule has 0 aliphatic carbocycles. The van der Waals surface area contributed by atoms with Crippen LogP contribution in [0.4, 0.5) is 0 Å². The Kier molecular flexibility index (Phi) is 11.7. The van der Waals surface area contributed by atoms with Gasteiger partial charge in [0.05, 0.1) is 6.04 Å². The number of carbonyl (C=O) groups excluding carboxylic acids is 1. The van der Waals surface area contributed by atoms with Crippen molar-refractivity contribution in [2.24, 2.45) is 11.1 Å². The van der Waals surface area contributed by atoms with E-state index in [-0.39, 0.29) is 36.1 Å². The van der Waals surface area contributed by atoms with Crippen LogP contribution in [0.2, 0.25) is 0 Å². The second-order valence-electron chi connectivity index (χ2n) is 7.17. The third-order valence-corrected chi connectivity index (χ3v) is 4.23. The summed E-state index contributed by atoms with van der Waals surface area (Å²) >= 11 is 0. The molecule has 1 aliphatic rings. The van der Waals surface area contributed by atoms with Crippen LogP contribution in [0.1, 0.15) is 33.6 Å². The van der Waals surface area contributed by atoms with Crippen molar-refractivity contribution in [3.8, 4) is 0 Å². The Balaban J connectivity index is 0. The van der Waals surface area contributed by atoms with Gasteiger partial charge in [0, 0.05) is 19.1 Å². The average Bonchev–Trinajstić information content (AvgIpc) is 2.37. The van der Waals surface area contributed by atoms with Crippen LogP contribution in [-0.2, 0) is 4.79 Å². The Bertz CT molecular complexity index is 313. The van der Waals surface area contributed by atoms with Crippen molar-refractivity contribution in [2.75, 3.05) is 40.3 Å². The van der Waals surface area contributed by atoms with Crippen LogP contribution in [-0.4, -0.2) is 68.1 Å². The Morgan fingerprint density at radius 1 is 1.27 bits per heavy atom. The van der Waals surface area contributed by atoms with E-state index in [0.29, 0.717) is 12.6 Å². The van der Waals surface area contributed by atoms with Crippen LogP contribution in [0, 0.1) is 5.41 Å². The first-order valence-corrected chi connectivity index (χ1v) is 7.64. The molecule has 7 heteroatoms. The number of hydrogen-bond donors (Lipinski definition) is 2. The molecule has 0 spiro atoms. The van der Waals surface area contributed by atoms with Crippen molar-refractivity contribution >= 4 is 30.7 Å². The van der Waals surface area contributed by atoms with Gasteiger partial charge in [0.25, 0.3) is 0 Å². The maximum atomic E-state index is 11.9. The number of rotatable bonds is 5. The first-order valence-electron chi connectivity index (χ1n) is 7.64. The lowest BCUT2D eigenvalue weighted by Gasteiger charge is -2.35. The minimum absolute atomic E-state index is 0. The third kappa shape index (κ3) is 7.97. The van der Waals surface area contributed by atoms with Gasteiger partial charge in [-0.1, -0.05) is 20.8 Å². The van der Waals surface area contributed by atoms with E-state index in [1.165, 1.54) is 12.8 Å². The Morgan fingerprint density at radius 3 is 2.18 bits per heavy atom. The third-order valence-electron chi connectivity index (χ3n) is 4.23. The molecule has 0 bridgehead atoms. The number of nitrogens with one attached hydrogen (secondary N) is 1. The van der Waals surface area contributed by atoms with E-state index in [1.54, 1.807) is 0 Å². The van der Waals surface area contributed by atoms with Crippen LogP contribution >= 0.6 is 24.8 Å². The lowest BCUT2D eigenvalue weighted by molar-refractivity contribution is -0.124. The number of halogens is 2. The number of nitrogens with two attached hydrogens (primary N) is 1. The average molecular weight is 357 g/mol. The maximum Gasteiger partial charge on any atom is 0.237 e. The summed E-state index contributed by atoms with van der Waals surface area (Å²) in [4.78, 5) is 16.6.